The van der Waals surface area contributed by atoms with E-state index in [0.717, 1.165) is 17.7 Å². The molecule has 4 nitrogen and oxygen atoms in total. The first kappa shape index (κ1) is 23.2. The SMILES string of the molecule is CN=C(NCCc1cc(F)ccc1F)NCc1ccc(F)c(COC)c1.I. The standard InChI is InChI=1S/C19H22F3N3O.HI/c1-23-19(24-8-7-14-10-16(20)4-6-17(14)21)25-11-13-3-5-18(22)15(9-13)12-26-2;/h3-6,9-10H,7-8,11-12H2,1-2H3,(H2,23,24,25);1H. The third-order valence-electron chi connectivity index (χ3n) is 3.79. The fourth-order valence-electron chi connectivity index (χ4n) is 2.46. The molecule has 2 rings (SSSR count). The van der Waals surface area contributed by atoms with Gasteiger partial charge in [-0.25, -0.2) is 13.2 Å². The number of halogens is 4. The van der Waals surface area contributed by atoms with Crippen LogP contribution in [0.5, 0.6) is 0 Å². The number of aliphatic imine (C=N–C) groups is 1. The Bertz CT molecular complexity index is 772. The molecule has 27 heavy (non-hydrogen) atoms. The zero-order valence-electron chi connectivity index (χ0n) is 15.2. The van der Waals surface area contributed by atoms with Gasteiger partial charge < -0.3 is 15.4 Å². The summed E-state index contributed by atoms with van der Waals surface area (Å²) in [4.78, 5) is 4.08. The highest BCUT2D eigenvalue weighted by Gasteiger charge is 2.06. The summed E-state index contributed by atoms with van der Waals surface area (Å²) in [5, 5.41) is 6.13. The third-order valence-corrected chi connectivity index (χ3v) is 3.79. The molecule has 2 N–H and O–H groups in total. The van der Waals surface area contributed by atoms with Crippen LogP contribution in [0.3, 0.4) is 0 Å². The van der Waals surface area contributed by atoms with Crippen molar-refractivity contribution in [1.82, 2.24) is 10.6 Å². The Labute approximate surface area is 174 Å². The smallest absolute Gasteiger partial charge is 0.191 e. The summed E-state index contributed by atoms with van der Waals surface area (Å²) >= 11 is 0. The molecule has 0 unspecified atom stereocenters. The molecule has 0 saturated heterocycles. The molecule has 0 heterocycles. The van der Waals surface area contributed by atoms with Crippen molar-refractivity contribution in [3.05, 3.63) is 70.5 Å². The predicted molar refractivity (Wildman–Crippen MR) is 111 cm³/mol. The number of hydrogen-bond acceptors (Lipinski definition) is 2. The van der Waals surface area contributed by atoms with E-state index in [2.05, 4.69) is 15.6 Å². The number of nitrogens with zero attached hydrogens (tertiary/aromatic N) is 1. The Hall–Kier alpha value is -1.81. The van der Waals surface area contributed by atoms with Crippen molar-refractivity contribution >= 4 is 29.9 Å². The Morgan fingerprint density at radius 3 is 2.41 bits per heavy atom. The Morgan fingerprint density at radius 2 is 1.70 bits per heavy atom. The Morgan fingerprint density at radius 1 is 1.00 bits per heavy atom. The number of benzene rings is 2. The van der Waals surface area contributed by atoms with Crippen molar-refractivity contribution in [1.29, 1.82) is 0 Å². The number of methoxy groups -OCH3 is 1. The molecule has 0 bridgehead atoms. The van der Waals surface area contributed by atoms with E-state index in [4.69, 9.17) is 4.74 Å². The average Bonchev–Trinajstić information content (AvgIpc) is 2.63. The summed E-state index contributed by atoms with van der Waals surface area (Å²) < 4.78 is 45.3. The summed E-state index contributed by atoms with van der Waals surface area (Å²) in [5.41, 5.74) is 1.66. The van der Waals surface area contributed by atoms with Gasteiger partial charge in [-0.15, -0.1) is 24.0 Å². The Balaban J connectivity index is 0.00000364. The summed E-state index contributed by atoms with van der Waals surface area (Å²) in [7, 11) is 3.12. The lowest BCUT2D eigenvalue weighted by atomic mass is 10.1. The van der Waals surface area contributed by atoms with Crippen molar-refractivity contribution in [3.63, 3.8) is 0 Å². The van der Waals surface area contributed by atoms with Crippen LogP contribution in [-0.4, -0.2) is 26.7 Å². The maximum absolute atomic E-state index is 13.6. The average molecular weight is 493 g/mol. The van der Waals surface area contributed by atoms with E-state index in [0.29, 0.717) is 36.6 Å². The minimum atomic E-state index is -0.466. The minimum Gasteiger partial charge on any atom is -0.380 e. The molecule has 0 fully saturated rings. The molecule has 0 atom stereocenters. The van der Waals surface area contributed by atoms with Crippen molar-refractivity contribution < 1.29 is 17.9 Å². The first-order valence-electron chi connectivity index (χ1n) is 8.18. The maximum atomic E-state index is 13.6. The van der Waals surface area contributed by atoms with Crippen LogP contribution >= 0.6 is 24.0 Å². The van der Waals surface area contributed by atoms with E-state index in [9.17, 15) is 13.2 Å². The normalized spacial score (nSPS) is 11.1. The summed E-state index contributed by atoms with van der Waals surface area (Å²) in [6, 6.07) is 8.19. The van der Waals surface area contributed by atoms with Gasteiger partial charge in [0.2, 0.25) is 0 Å². The molecule has 2 aromatic rings. The van der Waals surface area contributed by atoms with Gasteiger partial charge in [0.25, 0.3) is 0 Å². The molecule has 0 saturated carbocycles. The number of hydrogen-bond donors (Lipinski definition) is 2. The van der Waals surface area contributed by atoms with Gasteiger partial charge in [-0.05, 0) is 47.9 Å². The number of ether oxygens (including phenoxy) is 1. The maximum Gasteiger partial charge on any atom is 0.191 e. The first-order valence-corrected chi connectivity index (χ1v) is 8.18. The lowest BCUT2D eigenvalue weighted by Crippen LogP contribution is -2.38. The zero-order chi connectivity index (χ0) is 18.9. The second-order valence-corrected chi connectivity index (χ2v) is 5.70. The van der Waals surface area contributed by atoms with Crippen LogP contribution in [0.4, 0.5) is 13.2 Å². The molecule has 0 radical (unpaired) electrons. The van der Waals surface area contributed by atoms with Crippen LogP contribution in [0.25, 0.3) is 0 Å². The van der Waals surface area contributed by atoms with E-state index in [1.165, 1.54) is 19.2 Å². The molecule has 8 heteroatoms. The van der Waals surface area contributed by atoms with Crippen molar-refractivity contribution in [3.8, 4) is 0 Å². The molecule has 0 aliphatic carbocycles. The van der Waals surface area contributed by atoms with Gasteiger partial charge in [-0.3, -0.25) is 4.99 Å². The molecule has 2 aromatic carbocycles. The van der Waals surface area contributed by atoms with Gasteiger partial charge in [0.1, 0.15) is 17.5 Å². The van der Waals surface area contributed by atoms with E-state index >= 15 is 0 Å². The first-order chi connectivity index (χ1) is 12.5. The molecule has 0 aliphatic rings. The molecule has 148 valence electrons. The largest absolute Gasteiger partial charge is 0.380 e. The van der Waals surface area contributed by atoms with E-state index in [1.54, 1.807) is 19.2 Å². The number of nitrogens with one attached hydrogen (secondary N) is 2. The van der Waals surface area contributed by atoms with Crippen LogP contribution in [0, 0.1) is 17.5 Å². The van der Waals surface area contributed by atoms with Crippen LogP contribution < -0.4 is 10.6 Å². The van der Waals surface area contributed by atoms with Crippen LogP contribution in [0.2, 0.25) is 0 Å². The summed E-state index contributed by atoms with van der Waals surface area (Å²) in [6.45, 7) is 1.02. The Kier molecular flexibility index (Phi) is 10.2. The van der Waals surface area contributed by atoms with Gasteiger partial charge in [0.15, 0.2) is 5.96 Å². The highest BCUT2D eigenvalue weighted by atomic mass is 127. The van der Waals surface area contributed by atoms with Gasteiger partial charge in [0.05, 0.1) is 6.61 Å². The van der Waals surface area contributed by atoms with E-state index < -0.39 is 11.6 Å². The molecule has 0 amide bonds. The molecular formula is C19H23F3IN3O. The van der Waals surface area contributed by atoms with Gasteiger partial charge in [-0.1, -0.05) is 6.07 Å². The monoisotopic (exact) mass is 493 g/mol. The molecular weight excluding hydrogens is 470 g/mol. The molecule has 0 aliphatic heterocycles. The molecule has 0 aromatic heterocycles. The molecule has 0 spiro atoms. The summed E-state index contributed by atoms with van der Waals surface area (Å²) in [5.74, 6) is -0.699. The second kappa shape index (κ2) is 11.8. The minimum absolute atomic E-state index is 0. The highest BCUT2D eigenvalue weighted by molar-refractivity contribution is 14.0. The van der Waals surface area contributed by atoms with Crippen LogP contribution in [0.1, 0.15) is 16.7 Å². The fourth-order valence-corrected chi connectivity index (χ4v) is 2.46. The summed E-state index contributed by atoms with van der Waals surface area (Å²) in [6.07, 6.45) is 0.318. The predicted octanol–water partition coefficient (Wildman–Crippen LogP) is 3.78. The van der Waals surface area contributed by atoms with Crippen molar-refractivity contribution in [2.45, 2.75) is 19.6 Å². The topological polar surface area (TPSA) is 45.7 Å². The second-order valence-electron chi connectivity index (χ2n) is 5.70. The zero-order valence-corrected chi connectivity index (χ0v) is 17.5. The number of rotatable bonds is 7. The van der Waals surface area contributed by atoms with Gasteiger partial charge >= 0.3 is 0 Å². The van der Waals surface area contributed by atoms with E-state index in [1.807, 2.05) is 0 Å². The van der Waals surface area contributed by atoms with Gasteiger partial charge in [0, 0.05) is 32.8 Å². The van der Waals surface area contributed by atoms with Crippen molar-refractivity contribution in [2.24, 2.45) is 4.99 Å². The third kappa shape index (κ3) is 7.37. The van der Waals surface area contributed by atoms with Gasteiger partial charge in [-0.2, -0.15) is 0 Å². The van der Waals surface area contributed by atoms with Crippen molar-refractivity contribution in [2.75, 3.05) is 20.7 Å². The highest BCUT2D eigenvalue weighted by Crippen LogP contribution is 2.12. The number of guanidine groups is 1. The lowest BCUT2D eigenvalue weighted by molar-refractivity contribution is 0.181. The van der Waals surface area contributed by atoms with Crippen LogP contribution in [0.15, 0.2) is 41.4 Å². The lowest BCUT2D eigenvalue weighted by Gasteiger charge is -2.13. The quantitative estimate of drug-likeness (QED) is 0.351. The fraction of sp³-hybridized carbons (Fsp3) is 0.316. The van der Waals surface area contributed by atoms with E-state index in [-0.39, 0.29) is 36.4 Å². The van der Waals surface area contributed by atoms with Crippen LogP contribution in [-0.2, 0) is 24.3 Å².